The van der Waals surface area contributed by atoms with Gasteiger partial charge in [-0.25, -0.2) is 0 Å². The standard InChI is InChI=1S/C24H29N3O4/c1-16(2)15-31-19-7-5-18(6-8-19)22(28)20-21(17-9-11-25-12-10-17)27(14-13-26(3)4)24(30)23(20)29/h5-12,16,21,28H,13-15H2,1-4H3/b22-20+/t21-/m1/s1. The lowest BCUT2D eigenvalue weighted by Crippen LogP contribution is -2.35. The van der Waals surface area contributed by atoms with E-state index in [2.05, 4.69) is 18.8 Å². The molecular weight excluding hydrogens is 394 g/mol. The SMILES string of the molecule is CC(C)COc1ccc(/C(O)=C2\C(=O)C(=O)N(CCN(C)C)[C@@H]2c2ccncc2)cc1. The van der Waals surface area contributed by atoms with Gasteiger partial charge in [0, 0.05) is 31.0 Å². The van der Waals surface area contributed by atoms with Gasteiger partial charge in [-0.3, -0.25) is 14.6 Å². The maximum atomic E-state index is 12.9. The Balaban J connectivity index is 2.00. The number of ether oxygens (including phenoxy) is 1. The van der Waals surface area contributed by atoms with Gasteiger partial charge in [-0.15, -0.1) is 0 Å². The summed E-state index contributed by atoms with van der Waals surface area (Å²) in [7, 11) is 3.81. The zero-order valence-corrected chi connectivity index (χ0v) is 18.4. The number of Topliss-reactive ketones (excluding diaryl/α,β-unsaturated/α-hetero) is 1. The fraction of sp³-hybridized carbons (Fsp3) is 0.375. The monoisotopic (exact) mass is 423 g/mol. The topological polar surface area (TPSA) is 83.0 Å². The van der Waals surface area contributed by atoms with Gasteiger partial charge in [-0.1, -0.05) is 13.8 Å². The molecule has 3 rings (SSSR count). The highest BCUT2D eigenvalue weighted by molar-refractivity contribution is 6.46. The first kappa shape index (κ1) is 22.5. The van der Waals surface area contributed by atoms with Crippen LogP contribution in [0.25, 0.3) is 5.76 Å². The van der Waals surface area contributed by atoms with Gasteiger partial charge in [0.05, 0.1) is 18.2 Å². The average Bonchev–Trinajstić information content (AvgIpc) is 3.01. The van der Waals surface area contributed by atoms with Crippen LogP contribution in [0.5, 0.6) is 5.75 Å². The fourth-order valence-electron chi connectivity index (χ4n) is 3.44. The molecular formula is C24H29N3O4. The Morgan fingerprint density at radius 1 is 1.13 bits per heavy atom. The number of hydrogen-bond acceptors (Lipinski definition) is 6. The zero-order chi connectivity index (χ0) is 22.5. The summed E-state index contributed by atoms with van der Waals surface area (Å²) in [6.07, 6.45) is 3.23. The number of benzene rings is 1. The number of aliphatic hydroxyl groups is 1. The Bertz CT molecular complexity index is 953. The van der Waals surface area contributed by atoms with E-state index in [0.717, 1.165) is 5.56 Å². The van der Waals surface area contributed by atoms with Crippen LogP contribution < -0.4 is 4.74 Å². The normalized spacial score (nSPS) is 18.3. The second-order valence-electron chi connectivity index (χ2n) is 8.31. The van der Waals surface area contributed by atoms with E-state index in [0.29, 0.717) is 36.9 Å². The lowest BCUT2D eigenvalue weighted by molar-refractivity contribution is -0.140. The number of aromatic nitrogens is 1. The van der Waals surface area contributed by atoms with Crippen molar-refractivity contribution in [3.63, 3.8) is 0 Å². The molecule has 2 aromatic rings. The van der Waals surface area contributed by atoms with Crippen molar-refractivity contribution in [3.8, 4) is 5.75 Å². The number of hydrogen-bond donors (Lipinski definition) is 1. The summed E-state index contributed by atoms with van der Waals surface area (Å²) in [6.45, 7) is 5.67. The van der Waals surface area contributed by atoms with Crippen molar-refractivity contribution in [1.82, 2.24) is 14.8 Å². The summed E-state index contributed by atoms with van der Waals surface area (Å²) < 4.78 is 5.69. The van der Waals surface area contributed by atoms with E-state index >= 15 is 0 Å². The highest BCUT2D eigenvalue weighted by Gasteiger charge is 2.45. The molecule has 1 aliphatic heterocycles. The first-order valence-corrected chi connectivity index (χ1v) is 10.4. The molecule has 0 saturated carbocycles. The molecule has 1 aliphatic rings. The number of nitrogens with zero attached hydrogens (tertiary/aromatic N) is 3. The number of carbonyl (C=O) groups is 2. The molecule has 7 heteroatoms. The number of ketones is 1. The minimum absolute atomic E-state index is 0.0887. The largest absolute Gasteiger partial charge is 0.507 e. The van der Waals surface area contributed by atoms with E-state index < -0.39 is 17.7 Å². The summed E-state index contributed by atoms with van der Waals surface area (Å²) >= 11 is 0. The molecule has 0 unspecified atom stereocenters. The van der Waals surface area contributed by atoms with Crippen molar-refractivity contribution in [1.29, 1.82) is 0 Å². The molecule has 1 saturated heterocycles. The average molecular weight is 424 g/mol. The second-order valence-corrected chi connectivity index (χ2v) is 8.31. The Labute approximate surface area is 183 Å². The maximum Gasteiger partial charge on any atom is 0.295 e. The predicted octanol–water partition coefficient (Wildman–Crippen LogP) is 3.10. The number of likely N-dealkylation sites (tertiary alicyclic amines) is 1. The molecule has 7 nitrogen and oxygen atoms in total. The van der Waals surface area contributed by atoms with E-state index in [1.54, 1.807) is 48.8 Å². The van der Waals surface area contributed by atoms with Crippen LogP contribution in [0.2, 0.25) is 0 Å². The quantitative estimate of drug-likeness (QED) is 0.399. The Morgan fingerprint density at radius 3 is 2.35 bits per heavy atom. The second kappa shape index (κ2) is 9.75. The lowest BCUT2D eigenvalue weighted by atomic mass is 9.96. The molecule has 1 aromatic heterocycles. The van der Waals surface area contributed by atoms with Crippen molar-refractivity contribution < 1.29 is 19.4 Å². The highest BCUT2D eigenvalue weighted by Crippen LogP contribution is 2.39. The van der Waals surface area contributed by atoms with E-state index in [1.165, 1.54) is 4.90 Å². The molecule has 1 amide bonds. The first-order valence-electron chi connectivity index (χ1n) is 10.4. The Hall–Kier alpha value is -3.19. The van der Waals surface area contributed by atoms with E-state index in [-0.39, 0.29) is 11.3 Å². The summed E-state index contributed by atoms with van der Waals surface area (Å²) in [5.41, 5.74) is 1.28. The third-order valence-electron chi connectivity index (χ3n) is 5.06. The first-order chi connectivity index (χ1) is 14.8. The van der Waals surface area contributed by atoms with Gasteiger partial charge in [-0.2, -0.15) is 0 Å². The Kier molecular flexibility index (Phi) is 7.07. The van der Waals surface area contributed by atoms with E-state index in [4.69, 9.17) is 4.74 Å². The van der Waals surface area contributed by atoms with Crippen molar-refractivity contribution in [3.05, 3.63) is 65.5 Å². The summed E-state index contributed by atoms with van der Waals surface area (Å²) in [5.74, 6) is -0.405. The van der Waals surface area contributed by atoms with Gasteiger partial charge in [0.15, 0.2) is 0 Å². The Morgan fingerprint density at radius 2 is 1.77 bits per heavy atom. The zero-order valence-electron chi connectivity index (χ0n) is 18.4. The van der Waals surface area contributed by atoms with Crippen LogP contribution in [-0.4, -0.2) is 65.4 Å². The number of carbonyl (C=O) groups excluding carboxylic acids is 2. The van der Waals surface area contributed by atoms with Crippen LogP contribution in [0.15, 0.2) is 54.4 Å². The van der Waals surface area contributed by atoms with Crippen molar-refractivity contribution in [2.24, 2.45) is 5.92 Å². The fourth-order valence-corrected chi connectivity index (χ4v) is 3.44. The number of likely N-dealkylation sites (N-methyl/N-ethyl adjacent to an activating group) is 1. The molecule has 0 bridgehead atoms. The maximum absolute atomic E-state index is 12.9. The predicted molar refractivity (Wildman–Crippen MR) is 119 cm³/mol. The molecule has 1 atom stereocenters. The molecule has 1 aromatic carbocycles. The van der Waals surface area contributed by atoms with Gasteiger partial charge in [0.1, 0.15) is 11.5 Å². The van der Waals surface area contributed by atoms with Gasteiger partial charge in [-0.05, 0) is 62.0 Å². The number of rotatable bonds is 8. The number of pyridine rings is 1. The minimum atomic E-state index is -0.682. The van der Waals surface area contributed by atoms with Gasteiger partial charge in [0.2, 0.25) is 0 Å². The molecule has 2 heterocycles. The summed E-state index contributed by atoms with van der Waals surface area (Å²) in [6, 6.07) is 9.75. The molecule has 0 aliphatic carbocycles. The molecule has 0 spiro atoms. The molecule has 31 heavy (non-hydrogen) atoms. The van der Waals surface area contributed by atoms with Crippen LogP contribution in [0.3, 0.4) is 0 Å². The van der Waals surface area contributed by atoms with Crippen LogP contribution in [-0.2, 0) is 9.59 Å². The van der Waals surface area contributed by atoms with Crippen LogP contribution in [0.4, 0.5) is 0 Å². The van der Waals surface area contributed by atoms with Gasteiger partial charge in [0.25, 0.3) is 11.7 Å². The van der Waals surface area contributed by atoms with Crippen molar-refractivity contribution in [2.75, 3.05) is 33.8 Å². The molecule has 164 valence electrons. The van der Waals surface area contributed by atoms with E-state index in [9.17, 15) is 14.7 Å². The van der Waals surface area contributed by atoms with Crippen molar-refractivity contribution >= 4 is 17.4 Å². The van der Waals surface area contributed by atoms with Gasteiger partial charge < -0.3 is 19.6 Å². The van der Waals surface area contributed by atoms with Crippen LogP contribution >= 0.6 is 0 Å². The lowest BCUT2D eigenvalue weighted by Gasteiger charge is -2.26. The number of amides is 1. The third-order valence-corrected chi connectivity index (χ3v) is 5.06. The van der Waals surface area contributed by atoms with E-state index in [1.807, 2.05) is 19.0 Å². The molecule has 0 radical (unpaired) electrons. The van der Waals surface area contributed by atoms with Gasteiger partial charge >= 0.3 is 0 Å². The summed E-state index contributed by atoms with van der Waals surface area (Å²) in [4.78, 5) is 33.3. The highest BCUT2D eigenvalue weighted by atomic mass is 16.5. The minimum Gasteiger partial charge on any atom is -0.507 e. The third kappa shape index (κ3) is 5.11. The smallest absolute Gasteiger partial charge is 0.295 e. The van der Waals surface area contributed by atoms with Crippen LogP contribution in [0, 0.1) is 5.92 Å². The molecule has 1 N–H and O–H groups in total. The van der Waals surface area contributed by atoms with Crippen LogP contribution in [0.1, 0.15) is 31.0 Å². The van der Waals surface area contributed by atoms with Crippen molar-refractivity contribution in [2.45, 2.75) is 19.9 Å². The molecule has 1 fully saturated rings. The summed E-state index contributed by atoms with van der Waals surface area (Å²) in [5, 5.41) is 11.1. The number of aliphatic hydroxyl groups excluding tert-OH is 1.